The molecule has 1 saturated heterocycles. The molecule has 0 saturated carbocycles. The number of ether oxygens (including phenoxy) is 1. The van der Waals surface area contributed by atoms with Gasteiger partial charge in [0.25, 0.3) is 0 Å². The first-order valence-corrected chi connectivity index (χ1v) is 9.30. The van der Waals surface area contributed by atoms with E-state index in [-0.39, 0.29) is 19.0 Å². The Hall–Kier alpha value is -1.30. The number of nitrogens with zero attached hydrogens (tertiary/aromatic N) is 2. The molecule has 0 bridgehead atoms. The maximum atomic E-state index is 10.9. The lowest BCUT2D eigenvalue weighted by atomic mass is 10.1. The molecule has 0 spiro atoms. The Kier molecular flexibility index (Phi) is 9.99. The molecule has 26 heavy (non-hydrogen) atoms. The largest absolute Gasteiger partial charge is 0.493 e. The molecular formula is C20H33ClN2O3. The quantitative estimate of drug-likeness (QED) is 0.696. The van der Waals surface area contributed by atoms with Crippen molar-refractivity contribution in [3.05, 3.63) is 29.3 Å². The molecule has 6 heteroatoms. The zero-order chi connectivity index (χ0) is 18.2. The Morgan fingerprint density at radius 1 is 1.27 bits per heavy atom. The highest BCUT2D eigenvalue weighted by molar-refractivity contribution is 5.85. The third-order valence-corrected chi connectivity index (χ3v) is 5.07. The lowest BCUT2D eigenvalue weighted by Gasteiger charge is -2.25. The fraction of sp³-hybridized carbons (Fsp3) is 0.650. The van der Waals surface area contributed by atoms with Gasteiger partial charge < -0.3 is 14.7 Å². The van der Waals surface area contributed by atoms with Crippen molar-refractivity contribution < 1.29 is 14.6 Å². The molecule has 1 aromatic carbocycles. The lowest BCUT2D eigenvalue weighted by molar-refractivity contribution is -0.138. The second-order valence-corrected chi connectivity index (χ2v) is 7.16. The number of hydrogen-bond donors (Lipinski definition) is 1. The van der Waals surface area contributed by atoms with Gasteiger partial charge in [-0.15, -0.1) is 12.4 Å². The van der Waals surface area contributed by atoms with Gasteiger partial charge in [0, 0.05) is 12.6 Å². The molecule has 1 fully saturated rings. The smallest absolute Gasteiger partial charge is 0.317 e. The van der Waals surface area contributed by atoms with Crippen LogP contribution in [0.2, 0.25) is 0 Å². The third kappa shape index (κ3) is 7.14. The number of likely N-dealkylation sites (tertiary alicyclic amines) is 1. The summed E-state index contributed by atoms with van der Waals surface area (Å²) in [5, 5.41) is 8.95. The number of carboxylic acid groups (broad SMARTS) is 1. The topological polar surface area (TPSA) is 53.0 Å². The van der Waals surface area contributed by atoms with Crippen LogP contribution >= 0.6 is 12.4 Å². The van der Waals surface area contributed by atoms with Crippen molar-refractivity contribution in [2.45, 2.75) is 45.6 Å². The highest BCUT2D eigenvalue weighted by Gasteiger charge is 2.21. The van der Waals surface area contributed by atoms with Crippen molar-refractivity contribution in [1.29, 1.82) is 0 Å². The van der Waals surface area contributed by atoms with E-state index in [1.165, 1.54) is 11.1 Å². The highest BCUT2D eigenvalue weighted by Crippen LogP contribution is 2.22. The first-order valence-electron chi connectivity index (χ1n) is 9.30. The van der Waals surface area contributed by atoms with E-state index < -0.39 is 5.97 Å². The number of para-hydroxylation sites is 1. The van der Waals surface area contributed by atoms with Crippen LogP contribution in [-0.2, 0) is 4.79 Å². The Morgan fingerprint density at radius 2 is 1.96 bits per heavy atom. The number of aryl methyl sites for hydroxylation is 2. The van der Waals surface area contributed by atoms with Gasteiger partial charge >= 0.3 is 5.97 Å². The summed E-state index contributed by atoms with van der Waals surface area (Å²) in [7, 11) is 1.92. The van der Waals surface area contributed by atoms with Crippen LogP contribution in [0, 0.1) is 13.8 Å². The minimum Gasteiger partial charge on any atom is -0.493 e. The third-order valence-electron chi connectivity index (χ3n) is 5.07. The van der Waals surface area contributed by atoms with Crippen molar-refractivity contribution in [2.75, 3.05) is 39.8 Å². The molecule has 5 nitrogen and oxygen atoms in total. The van der Waals surface area contributed by atoms with Crippen LogP contribution in [0.15, 0.2) is 18.2 Å². The van der Waals surface area contributed by atoms with Crippen LogP contribution in [0.5, 0.6) is 5.75 Å². The molecule has 1 heterocycles. The number of benzene rings is 1. The highest BCUT2D eigenvalue weighted by atomic mass is 35.5. The Balaban J connectivity index is 0.00000338. The summed E-state index contributed by atoms with van der Waals surface area (Å²) < 4.78 is 5.99. The van der Waals surface area contributed by atoms with Gasteiger partial charge in [-0.25, -0.2) is 0 Å². The van der Waals surface area contributed by atoms with Crippen LogP contribution in [-0.4, -0.2) is 66.8 Å². The zero-order valence-corrected chi connectivity index (χ0v) is 17.1. The predicted molar refractivity (Wildman–Crippen MR) is 108 cm³/mol. The van der Waals surface area contributed by atoms with E-state index in [9.17, 15) is 4.79 Å². The van der Waals surface area contributed by atoms with Crippen molar-refractivity contribution in [2.24, 2.45) is 0 Å². The number of carbonyl (C=O) groups is 1. The Bertz CT molecular complexity index is 548. The maximum Gasteiger partial charge on any atom is 0.317 e. The molecular weight excluding hydrogens is 352 g/mol. The summed E-state index contributed by atoms with van der Waals surface area (Å²) in [5.74, 6) is 0.279. The van der Waals surface area contributed by atoms with Gasteiger partial charge in [-0.2, -0.15) is 0 Å². The van der Waals surface area contributed by atoms with Gasteiger partial charge in [0.15, 0.2) is 0 Å². The number of hydrogen-bond acceptors (Lipinski definition) is 4. The fourth-order valence-electron chi connectivity index (χ4n) is 3.63. The summed E-state index contributed by atoms with van der Waals surface area (Å²) in [6, 6.07) is 6.62. The zero-order valence-electron chi connectivity index (χ0n) is 16.2. The van der Waals surface area contributed by atoms with Gasteiger partial charge in [-0.05, 0) is 70.8 Å². The summed E-state index contributed by atoms with van der Waals surface area (Å²) in [5.41, 5.74) is 2.39. The van der Waals surface area contributed by atoms with Crippen molar-refractivity contribution >= 4 is 18.4 Å². The molecule has 1 aliphatic heterocycles. The number of rotatable bonds is 8. The van der Waals surface area contributed by atoms with Gasteiger partial charge in [-0.1, -0.05) is 18.2 Å². The normalized spacial score (nSPS) is 18.2. The van der Waals surface area contributed by atoms with Crippen LogP contribution < -0.4 is 4.74 Å². The van der Waals surface area contributed by atoms with E-state index >= 15 is 0 Å². The molecule has 1 atom stereocenters. The minimum absolute atomic E-state index is 0. The van der Waals surface area contributed by atoms with Crippen molar-refractivity contribution in [3.8, 4) is 5.75 Å². The standard InChI is InChI=1S/C20H32N2O3.ClH/c1-16-7-4-8-17(2)20(16)25-14-6-12-22-11-5-9-18(10-13-22)21(3)15-19(23)24;/h4,7-8,18H,5-6,9-15H2,1-3H3,(H,23,24);1H. The summed E-state index contributed by atoms with van der Waals surface area (Å²) in [4.78, 5) is 15.3. The van der Waals surface area contributed by atoms with Gasteiger partial charge in [0.2, 0.25) is 0 Å². The predicted octanol–water partition coefficient (Wildman–Crippen LogP) is 3.37. The van der Waals surface area contributed by atoms with Gasteiger partial charge in [0.1, 0.15) is 5.75 Å². The molecule has 0 amide bonds. The summed E-state index contributed by atoms with van der Waals surface area (Å²) >= 11 is 0. The van der Waals surface area contributed by atoms with E-state index in [0.717, 1.165) is 57.7 Å². The van der Waals surface area contributed by atoms with E-state index in [1.54, 1.807) is 0 Å². The average Bonchev–Trinajstić information content (AvgIpc) is 2.79. The minimum atomic E-state index is -0.743. The summed E-state index contributed by atoms with van der Waals surface area (Å²) in [6.07, 6.45) is 4.27. The Labute approximate surface area is 163 Å². The molecule has 0 radical (unpaired) electrons. The molecule has 148 valence electrons. The maximum absolute atomic E-state index is 10.9. The molecule has 2 rings (SSSR count). The molecule has 1 aliphatic rings. The molecule has 0 aromatic heterocycles. The second-order valence-electron chi connectivity index (χ2n) is 7.16. The van der Waals surface area contributed by atoms with E-state index in [2.05, 4.69) is 36.9 Å². The summed E-state index contributed by atoms with van der Waals surface area (Å²) in [6.45, 7) is 8.23. The van der Waals surface area contributed by atoms with Crippen molar-refractivity contribution in [3.63, 3.8) is 0 Å². The molecule has 1 N–H and O–H groups in total. The average molecular weight is 385 g/mol. The molecule has 1 unspecified atom stereocenters. The number of carboxylic acids is 1. The number of halogens is 1. The number of aliphatic carboxylic acids is 1. The fourth-order valence-corrected chi connectivity index (χ4v) is 3.63. The Morgan fingerprint density at radius 3 is 2.62 bits per heavy atom. The molecule has 1 aromatic rings. The lowest BCUT2D eigenvalue weighted by Crippen LogP contribution is -2.36. The van der Waals surface area contributed by atoms with Gasteiger partial charge in [-0.3, -0.25) is 9.69 Å². The van der Waals surface area contributed by atoms with Gasteiger partial charge in [0.05, 0.1) is 13.2 Å². The van der Waals surface area contributed by atoms with E-state index in [4.69, 9.17) is 9.84 Å². The second kappa shape index (κ2) is 11.4. The van der Waals surface area contributed by atoms with Crippen LogP contribution in [0.25, 0.3) is 0 Å². The van der Waals surface area contributed by atoms with E-state index in [0.29, 0.717) is 6.04 Å². The first-order chi connectivity index (χ1) is 12.0. The SMILES string of the molecule is Cc1cccc(C)c1OCCCN1CCCC(N(C)CC(=O)O)CC1.Cl. The van der Waals surface area contributed by atoms with Crippen LogP contribution in [0.1, 0.15) is 36.8 Å². The first kappa shape index (κ1) is 22.7. The number of likely N-dealkylation sites (N-methyl/N-ethyl adjacent to an activating group) is 1. The van der Waals surface area contributed by atoms with Crippen LogP contribution in [0.4, 0.5) is 0 Å². The van der Waals surface area contributed by atoms with Crippen LogP contribution in [0.3, 0.4) is 0 Å². The monoisotopic (exact) mass is 384 g/mol. The van der Waals surface area contributed by atoms with Crippen molar-refractivity contribution in [1.82, 2.24) is 9.80 Å². The molecule has 0 aliphatic carbocycles. The van der Waals surface area contributed by atoms with E-state index in [1.807, 2.05) is 11.9 Å².